The molecule has 2 aromatic heterocycles. The number of benzene rings is 1. The summed E-state index contributed by atoms with van der Waals surface area (Å²) in [6.07, 6.45) is 4.86. The van der Waals surface area contributed by atoms with Gasteiger partial charge in [0.1, 0.15) is 0 Å². The van der Waals surface area contributed by atoms with Crippen molar-refractivity contribution in [3.8, 4) is 11.4 Å². The molecule has 3 rings (SSSR count). The predicted molar refractivity (Wildman–Crippen MR) is 111 cm³/mol. The van der Waals surface area contributed by atoms with Crippen molar-refractivity contribution in [2.45, 2.75) is 50.1 Å². The lowest BCUT2D eigenvalue weighted by Gasteiger charge is -2.09. The molecule has 0 saturated carbocycles. The van der Waals surface area contributed by atoms with Crippen molar-refractivity contribution in [2.24, 2.45) is 0 Å². The van der Waals surface area contributed by atoms with Gasteiger partial charge in [-0.2, -0.15) is 4.98 Å². The highest BCUT2D eigenvalue weighted by Gasteiger charge is 2.21. The predicted octanol–water partition coefficient (Wildman–Crippen LogP) is 5.47. The fourth-order valence-electron chi connectivity index (χ4n) is 2.56. The highest BCUT2D eigenvalue weighted by atomic mass is 79.9. The van der Waals surface area contributed by atoms with Crippen LogP contribution in [0.3, 0.4) is 0 Å². The van der Waals surface area contributed by atoms with Crippen LogP contribution in [-0.4, -0.2) is 24.9 Å². The van der Waals surface area contributed by atoms with Gasteiger partial charge in [0.2, 0.25) is 5.89 Å². The lowest BCUT2D eigenvalue weighted by atomic mass is 10.2. The van der Waals surface area contributed by atoms with E-state index in [-0.39, 0.29) is 5.25 Å². The molecular formula is C19H22BrN5OS. The maximum atomic E-state index is 5.44. The van der Waals surface area contributed by atoms with Crippen LogP contribution in [0, 0.1) is 0 Å². The van der Waals surface area contributed by atoms with Gasteiger partial charge in [0, 0.05) is 23.0 Å². The Labute approximate surface area is 171 Å². The first-order chi connectivity index (χ1) is 13.1. The van der Waals surface area contributed by atoms with Crippen LogP contribution in [-0.2, 0) is 13.0 Å². The van der Waals surface area contributed by atoms with Gasteiger partial charge in [-0.15, -0.1) is 16.8 Å². The second-order valence-electron chi connectivity index (χ2n) is 6.12. The maximum Gasteiger partial charge on any atom is 0.239 e. The first-order valence-electron chi connectivity index (χ1n) is 8.91. The van der Waals surface area contributed by atoms with Crippen LogP contribution >= 0.6 is 27.7 Å². The van der Waals surface area contributed by atoms with E-state index in [9.17, 15) is 0 Å². The molecule has 27 heavy (non-hydrogen) atoms. The van der Waals surface area contributed by atoms with Crippen molar-refractivity contribution in [1.82, 2.24) is 24.9 Å². The van der Waals surface area contributed by atoms with Crippen molar-refractivity contribution >= 4 is 27.7 Å². The number of rotatable bonds is 9. The van der Waals surface area contributed by atoms with E-state index < -0.39 is 0 Å². The molecule has 6 nitrogen and oxygen atoms in total. The van der Waals surface area contributed by atoms with Gasteiger partial charge in [-0.3, -0.25) is 4.57 Å². The highest BCUT2D eigenvalue weighted by Crippen LogP contribution is 2.35. The lowest BCUT2D eigenvalue weighted by Crippen LogP contribution is -2.02. The van der Waals surface area contributed by atoms with Crippen molar-refractivity contribution in [3.05, 3.63) is 53.1 Å². The van der Waals surface area contributed by atoms with Crippen LogP contribution in [0.5, 0.6) is 0 Å². The number of halogens is 1. The van der Waals surface area contributed by atoms with E-state index in [2.05, 4.69) is 49.8 Å². The minimum atomic E-state index is -0.0154. The van der Waals surface area contributed by atoms with Crippen LogP contribution in [0.25, 0.3) is 11.4 Å². The smallest absolute Gasteiger partial charge is 0.239 e. The molecule has 0 bridgehead atoms. The molecular weight excluding hydrogens is 426 g/mol. The molecule has 1 unspecified atom stereocenters. The first kappa shape index (κ1) is 19.8. The van der Waals surface area contributed by atoms with E-state index in [1.54, 1.807) is 11.8 Å². The van der Waals surface area contributed by atoms with E-state index in [1.807, 2.05) is 41.8 Å². The zero-order valence-corrected chi connectivity index (χ0v) is 17.8. The number of hydrogen-bond acceptors (Lipinski definition) is 6. The number of unbranched alkanes of at least 4 members (excludes halogenated alkanes) is 1. The molecule has 0 radical (unpaired) electrons. The zero-order valence-electron chi connectivity index (χ0n) is 15.4. The molecule has 0 amide bonds. The van der Waals surface area contributed by atoms with Gasteiger partial charge in [0.25, 0.3) is 0 Å². The van der Waals surface area contributed by atoms with E-state index in [1.165, 1.54) is 0 Å². The summed E-state index contributed by atoms with van der Waals surface area (Å²) in [6, 6.07) is 8.02. The summed E-state index contributed by atoms with van der Waals surface area (Å²) < 4.78 is 8.51. The second kappa shape index (κ2) is 9.32. The van der Waals surface area contributed by atoms with Crippen LogP contribution in [0.4, 0.5) is 0 Å². The Kier molecular flexibility index (Phi) is 6.84. The molecule has 0 spiro atoms. The molecule has 142 valence electrons. The van der Waals surface area contributed by atoms with Crippen molar-refractivity contribution in [3.63, 3.8) is 0 Å². The Bertz CT molecular complexity index is 890. The average Bonchev–Trinajstić information content (AvgIpc) is 3.29. The third-order valence-corrected chi connectivity index (χ3v) is 5.60. The number of allylic oxidation sites excluding steroid dienone is 1. The molecule has 2 heterocycles. The SMILES string of the molecule is C=CCn1c(SC(C)c2nc(CCCC)no2)nnc1-c1ccc(Br)cc1. The van der Waals surface area contributed by atoms with E-state index in [0.29, 0.717) is 12.4 Å². The topological polar surface area (TPSA) is 69.6 Å². The van der Waals surface area contributed by atoms with E-state index in [4.69, 9.17) is 4.52 Å². The Morgan fingerprint density at radius 2 is 2.07 bits per heavy atom. The molecule has 1 aromatic carbocycles. The van der Waals surface area contributed by atoms with Crippen LogP contribution in [0.1, 0.15) is 43.7 Å². The lowest BCUT2D eigenvalue weighted by molar-refractivity contribution is 0.374. The number of nitrogens with zero attached hydrogens (tertiary/aromatic N) is 5. The van der Waals surface area contributed by atoms with E-state index >= 15 is 0 Å². The number of aryl methyl sites for hydroxylation is 1. The number of thioether (sulfide) groups is 1. The maximum absolute atomic E-state index is 5.44. The Balaban J connectivity index is 1.80. The third kappa shape index (κ3) is 4.87. The molecule has 8 heteroatoms. The minimum absolute atomic E-state index is 0.0154. The van der Waals surface area contributed by atoms with E-state index in [0.717, 1.165) is 46.1 Å². The normalized spacial score (nSPS) is 12.3. The second-order valence-corrected chi connectivity index (χ2v) is 8.35. The molecule has 0 N–H and O–H groups in total. The molecule has 1 atom stereocenters. The summed E-state index contributed by atoms with van der Waals surface area (Å²) in [5.41, 5.74) is 1.01. The molecule has 0 saturated heterocycles. The monoisotopic (exact) mass is 447 g/mol. The van der Waals surface area contributed by atoms with Crippen LogP contribution in [0.2, 0.25) is 0 Å². The van der Waals surface area contributed by atoms with Gasteiger partial charge in [-0.1, -0.05) is 64.4 Å². The molecule has 0 aliphatic carbocycles. The van der Waals surface area contributed by atoms with Crippen molar-refractivity contribution < 1.29 is 4.52 Å². The van der Waals surface area contributed by atoms with Crippen LogP contribution in [0.15, 0.2) is 51.1 Å². The van der Waals surface area contributed by atoms with Gasteiger partial charge < -0.3 is 4.52 Å². The molecule has 3 aromatic rings. The summed E-state index contributed by atoms with van der Waals surface area (Å²) in [6.45, 7) is 8.67. The third-order valence-electron chi connectivity index (χ3n) is 4.00. The summed E-state index contributed by atoms with van der Waals surface area (Å²) >= 11 is 5.02. The van der Waals surface area contributed by atoms with Gasteiger partial charge in [-0.05, 0) is 25.5 Å². The summed E-state index contributed by atoms with van der Waals surface area (Å²) in [5, 5.41) is 13.6. The fourth-order valence-corrected chi connectivity index (χ4v) is 3.71. The Hall–Kier alpha value is -1.93. The summed E-state index contributed by atoms with van der Waals surface area (Å²) in [5.74, 6) is 2.19. The molecule has 0 fully saturated rings. The van der Waals surface area contributed by atoms with Crippen molar-refractivity contribution in [2.75, 3.05) is 0 Å². The molecule has 0 aliphatic rings. The standard InChI is InChI=1S/C19H22BrN5OS/c1-4-6-7-16-21-18(26-24-16)13(3)27-19-23-22-17(25(19)12-5-2)14-8-10-15(20)11-9-14/h5,8-11,13H,2,4,6-7,12H2,1,3H3. The van der Waals surface area contributed by atoms with Crippen LogP contribution < -0.4 is 0 Å². The average molecular weight is 448 g/mol. The van der Waals surface area contributed by atoms with Gasteiger partial charge >= 0.3 is 0 Å². The summed E-state index contributed by atoms with van der Waals surface area (Å²) in [7, 11) is 0. The number of hydrogen-bond donors (Lipinski definition) is 0. The van der Waals surface area contributed by atoms with Gasteiger partial charge in [-0.25, -0.2) is 0 Å². The Morgan fingerprint density at radius 1 is 1.30 bits per heavy atom. The highest BCUT2D eigenvalue weighted by molar-refractivity contribution is 9.10. The largest absolute Gasteiger partial charge is 0.338 e. The summed E-state index contributed by atoms with van der Waals surface area (Å²) in [4.78, 5) is 4.51. The van der Waals surface area contributed by atoms with Gasteiger partial charge in [0.15, 0.2) is 16.8 Å². The minimum Gasteiger partial charge on any atom is -0.338 e. The Morgan fingerprint density at radius 3 is 2.78 bits per heavy atom. The molecule has 0 aliphatic heterocycles. The van der Waals surface area contributed by atoms with Crippen molar-refractivity contribution in [1.29, 1.82) is 0 Å². The zero-order chi connectivity index (χ0) is 19.2. The van der Waals surface area contributed by atoms with Gasteiger partial charge in [0.05, 0.1) is 5.25 Å². The number of aromatic nitrogens is 5. The first-order valence-corrected chi connectivity index (χ1v) is 10.6. The quantitative estimate of drug-likeness (QED) is 0.319. The fraction of sp³-hybridized carbons (Fsp3) is 0.368.